The predicted octanol–water partition coefficient (Wildman–Crippen LogP) is 3.15. The molecule has 0 saturated carbocycles. The lowest BCUT2D eigenvalue weighted by atomic mass is 9.85. The van der Waals surface area contributed by atoms with Crippen LogP contribution in [0.4, 0.5) is 0 Å². The zero-order valence-corrected chi connectivity index (χ0v) is 19.6. The van der Waals surface area contributed by atoms with Crippen LogP contribution in [-0.4, -0.2) is 62.8 Å². The third-order valence-corrected chi connectivity index (χ3v) is 9.93. The second-order valence-electron chi connectivity index (χ2n) is 7.78. The molecule has 0 unspecified atom stereocenters. The van der Waals surface area contributed by atoms with Gasteiger partial charge in [0, 0.05) is 32.1 Å². The van der Waals surface area contributed by atoms with Crippen LogP contribution in [0.1, 0.15) is 39.0 Å². The van der Waals surface area contributed by atoms with E-state index in [1.165, 1.54) is 30.6 Å². The van der Waals surface area contributed by atoms with Gasteiger partial charge in [-0.25, -0.2) is 8.42 Å². The molecule has 0 spiro atoms. The van der Waals surface area contributed by atoms with E-state index in [-0.39, 0.29) is 17.7 Å². The molecule has 1 aromatic rings. The van der Waals surface area contributed by atoms with Gasteiger partial charge in [0.2, 0.25) is 5.91 Å². The summed E-state index contributed by atoms with van der Waals surface area (Å²) in [5.74, 6) is 0.249. The SMILES string of the molecule is C[C@H](C(=O)NCCN1CCCCC1)C1CCN(S(=O)(=O)c2ccc(Br)s2)CC1. The van der Waals surface area contributed by atoms with Crippen molar-refractivity contribution in [2.24, 2.45) is 11.8 Å². The molecule has 3 rings (SSSR count). The fourth-order valence-electron chi connectivity index (χ4n) is 4.07. The quantitative estimate of drug-likeness (QED) is 0.635. The van der Waals surface area contributed by atoms with Crippen LogP contribution < -0.4 is 5.32 Å². The Morgan fingerprint density at radius 2 is 1.89 bits per heavy atom. The number of nitrogens with one attached hydrogen (secondary N) is 1. The number of piperidine rings is 2. The minimum absolute atomic E-state index is 0.0814. The Kier molecular flexibility index (Phi) is 7.95. The van der Waals surface area contributed by atoms with Crippen LogP contribution in [0.15, 0.2) is 20.1 Å². The summed E-state index contributed by atoms with van der Waals surface area (Å²) in [7, 11) is -3.42. The predicted molar refractivity (Wildman–Crippen MR) is 116 cm³/mol. The summed E-state index contributed by atoms with van der Waals surface area (Å²) in [6, 6.07) is 3.41. The summed E-state index contributed by atoms with van der Waals surface area (Å²) >= 11 is 4.57. The number of halogens is 1. The van der Waals surface area contributed by atoms with Gasteiger partial charge < -0.3 is 10.2 Å². The average molecular weight is 493 g/mol. The van der Waals surface area contributed by atoms with E-state index in [9.17, 15) is 13.2 Å². The fraction of sp³-hybridized carbons (Fsp3) is 0.737. The maximum Gasteiger partial charge on any atom is 0.252 e. The highest BCUT2D eigenvalue weighted by molar-refractivity contribution is 9.11. The number of carbonyl (C=O) groups is 1. The minimum atomic E-state index is -3.42. The summed E-state index contributed by atoms with van der Waals surface area (Å²) in [6.45, 7) is 6.83. The highest BCUT2D eigenvalue weighted by atomic mass is 79.9. The Hall–Kier alpha value is -0.480. The largest absolute Gasteiger partial charge is 0.355 e. The van der Waals surface area contributed by atoms with Crippen molar-refractivity contribution < 1.29 is 13.2 Å². The van der Waals surface area contributed by atoms with Gasteiger partial charge in [-0.1, -0.05) is 13.3 Å². The van der Waals surface area contributed by atoms with Crippen molar-refractivity contribution in [2.75, 3.05) is 39.3 Å². The lowest BCUT2D eigenvalue weighted by Crippen LogP contribution is -2.44. The van der Waals surface area contributed by atoms with E-state index < -0.39 is 10.0 Å². The minimum Gasteiger partial charge on any atom is -0.355 e. The van der Waals surface area contributed by atoms with Gasteiger partial charge >= 0.3 is 0 Å². The van der Waals surface area contributed by atoms with E-state index in [0.29, 0.717) is 23.8 Å². The summed E-state index contributed by atoms with van der Waals surface area (Å²) in [6.07, 6.45) is 5.29. The molecule has 1 aromatic heterocycles. The van der Waals surface area contributed by atoms with Crippen LogP contribution in [0.25, 0.3) is 0 Å². The normalized spacial score (nSPS) is 21.5. The molecule has 3 heterocycles. The van der Waals surface area contributed by atoms with E-state index in [1.54, 1.807) is 16.4 Å². The third kappa shape index (κ3) is 5.56. The fourth-order valence-corrected chi connectivity index (χ4v) is 7.71. The number of sulfonamides is 1. The van der Waals surface area contributed by atoms with Gasteiger partial charge in [-0.3, -0.25) is 4.79 Å². The first-order valence-electron chi connectivity index (χ1n) is 10.1. The van der Waals surface area contributed by atoms with Crippen LogP contribution in [0.3, 0.4) is 0 Å². The van der Waals surface area contributed by atoms with Crippen molar-refractivity contribution in [1.29, 1.82) is 0 Å². The summed E-state index contributed by atoms with van der Waals surface area (Å²) < 4.78 is 28.2. The maximum atomic E-state index is 12.7. The van der Waals surface area contributed by atoms with E-state index in [0.717, 1.165) is 36.3 Å². The number of thiophene rings is 1. The number of hydrogen-bond acceptors (Lipinski definition) is 5. The lowest BCUT2D eigenvalue weighted by Gasteiger charge is -2.33. The van der Waals surface area contributed by atoms with Crippen molar-refractivity contribution in [2.45, 2.75) is 43.2 Å². The van der Waals surface area contributed by atoms with Crippen molar-refractivity contribution in [1.82, 2.24) is 14.5 Å². The molecule has 0 radical (unpaired) electrons. The standard InChI is InChI=1S/C19H30BrN3O3S2/c1-15(19(24)21-9-14-22-10-3-2-4-11-22)16-7-12-23(13-8-16)28(25,26)18-6-5-17(20)27-18/h5-6,15-16H,2-4,7-14H2,1H3,(H,21,24)/t15-/m0/s1. The van der Waals surface area contributed by atoms with Crippen molar-refractivity contribution >= 4 is 43.2 Å². The average Bonchev–Trinajstić information content (AvgIpc) is 3.15. The number of nitrogens with zero attached hydrogens (tertiary/aromatic N) is 2. The third-order valence-electron chi connectivity index (χ3n) is 5.94. The molecule has 1 atom stereocenters. The van der Waals surface area contributed by atoms with Crippen molar-refractivity contribution in [3.05, 3.63) is 15.9 Å². The zero-order chi connectivity index (χ0) is 20.1. The Morgan fingerprint density at radius 3 is 2.50 bits per heavy atom. The summed E-state index contributed by atoms with van der Waals surface area (Å²) in [4.78, 5) is 14.9. The van der Waals surface area contributed by atoms with Crippen LogP contribution in [0, 0.1) is 11.8 Å². The van der Waals surface area contributed by atoms with Crippen LogP contribution in [0.2, 0.25) is 0 Å². The van der Waals surface area contributed by atoms with Gasteiger partial charge in [0.15, 0.2) is 0 Å². The number of amides is 1. The van der Waals surface area contributed by atoms with Gasteiger partial charge in [0.25, 0.3) is 10.0 Å². The molecular weight excluding hydrogens is 462 g/mol. The van der Waals surface area contributed by atoms with E-state index in [2.05, 4.69) is 26.1 Å². The second kappa shape index (κ2) is 10.0. The van der Waals surface area contributed by atoms with E-state index >= 15 is 0 Å². The first kappa shape index (κ1) is 22.2. The maximum absolute atomic E-state index is 12.7. The first-order chi connectivity index (χ1) is 13.4. The summed E-state index contributed by atoms with van der Waals surface area (Å²) in [5.41, 5.74) is 0. The van der Waals surface area contributed by atoms with Gasteiger partial charge in [-0.15, -0.1) is 11.3 Å². The highest BCUT2D eigenvalue weighted by Gasteiger charge is 2.34. The molecule has 0 bridgehead atoms. The smallest absolute Gasteiger partial charge is 0.252 e. The number of rotatable bonds is 7. The Morgan fingerprint density at radius 1 is 1.21 bits per heavy atom. The zero-order valence-electron chi connectivity index (χ0n) is 16.4. The van der Waals surface area contributed by atoms with Crippen LogP contribution in [-0.2, 0) is 14.8 Å². The Bertz CT molecular complexity index is 754. The van der Waals surface area contributed by atoms with Crippen LogP contribution >= 0.6 is 27.3 Å². The van der Waals surface area contributed by atoms with Crippen LogP contribution in [0.5, 0.6) is 0 Å². The molecule has 9 heteroatoms. The molecular formula is C19H30BrN3O3S2. The molecule has 1 amide bonds. The number of carbonyl (C=O) groups excluding carboxylic acids is 1. The molecule has 2 saturated heterocycles. The van der Waals surface area contributed by atoms with Gasteiger partial charge in [-0.2, -0.15) is 4.31 Å². The van der Waals surface area contributed by atoms with Crippen molar-refractivity contribution in [3.8, 4) is 0 Å². The van der Waals surface area contributed by atoms with Gasteiger partial charge in [-0.05, 0) is 72.8 Å². The highest BCUT2D eigenvalue weighted by Crippen LogP contribution is 2.32. The molecule has 1 N–H and O–H groups in total. The van der Waals surface area contributed by atoms with Gasteiger partial charge in [0.1, 0.15) is 4.21 Å². The number of likely N-dealkylation sites (tertiary alicyclic amines) is 1. The monoisotopic (exact) mass is 491 g/mol. The van der Waals surface area contributed by atoms with E-state index in [1.807, 2.05) is 6.92 Å². The topological polar surface area (TPSA) is 69.7 Å². The molecule has 0 aromatic carbocycles. The second-order valence-corrected chi connectivity index (χ2v) is 12.4. The Balaban J connectivity index is 1.44. The van der Waals surface area contributed by atoms with Crippen molar-refractivity contribution in [3.63, 3.8) is 0 Å². The van der Waals surface area contributed by atoms with E-state index in [4.69, 9.17) is 0 Å². The molecule has 0 aliphatic carbocycles. The molecule has 2 aliphatic heterocycles. The molecule has 6 nitrogen and oxygen atoms in total. The molecule has 2 fully saturated rings. The van der Waals surface area contributed by atoms with Gasteiger partial charge in [0.05, 0.1) is 3.79 Å². The summed E-state index contributed by atoms with van der Waals surface area (Å²) in [5, 5.41) is 3.08. The lowest BCUT2D eigenvalue weighted by molar-refractivity contribution is -0.126. The molecule has 2 aliphatic rings. The first-order valence-corrected chi connectivity index (χ1v) is 13.2. The Labute approximate surface area is 180 Å². The molecule has 158 valence electrons. The molecule has 28 heavy (non-hydrogen) atoms. The number of hydrogen-bond donors (Lipinski definition) is 1.